The SMILES string of the molecule is CC(C)[C@@H]([NH2+]CC(=O)N1c2ccccc2NC(=O)C1(C)C)c1ccccc1. The lowest BCUT2D eigenvalue weighted by atomic mass is 9.95. The number of carbonyl (C=O) groups is 2. The van der Waals surface area contributed by atoms with E-state index in [0.717, 1.165) is 5.69 Å². The van der Waals surface area contributed by atoms with Crippen LogP contribution in [0, 0.1) is 5.92 Å². The second-order valence-corrected chi connectivity index (χ2v) is 7.88. The minimum Gasteiger partial charge on any atom is -0.332 e. The molecule has 2 amide bonds. The summed E-state index contributed by atoms with van der Waals surface area (Å²) < 4.78 is 0. The second kappa shape index (κ2) is 7.53. The maximum atomic E-state index is 13.2. The second-order valence-electron chi connectivity index (χ2n) is 7.88. The summed E-state index contributed by atoms with van der Waals surface area (Å²) in [4.78, 5) is 27.4. The molecule has 1 aliphatic rings. The van der Waals surface area contributed by atoms with Gasteiger partial charge in [0.1, 0.15) is 11.6 Å². The van der Waals surface area contributed by atoms with E-state index < -0.39 is 5.54 Å². The Morgan fingerprint density at radius 1 is 1.07 bits per heavy atom. The Labute approximate surface area is 160 Å². The molecular weight excluding hydrogens is 338 g/mol. The first-order chi connectivity index (χ1) is 12.8. The molecule has 0 bridgehead atoms. The molecule has 0 saturated carbocycles. The number of hydrogen-bond donors (Lipinski definition) is 2. The summed E-state index contributed by atoms with van der Waals surface area (Å²) in [6.07, 6.45) is 0. The van der Waals surface area contributed by atoms with Gasteiger partial charge < -0.3 is 10.6 Å². The molecule has 3 rings (SSSR count). The molecule has 3 N–H and O–H groups in total. The number of quaternary nitrogens is 1. The van der Waals surface area contributed by atoms with E-state index in [1.165, 1.54) is 5.56 Å². The van der Waals surface area contributed by atoms with Crippen LogP contribution in [0.5, 0.6) is 0 Å². The third-order valence-corrected chi connectivity index (χ3v) is 5.21. The fourth-order valence-electron chi connectivity index (χ4n) is 3.69. The van der Waals surface area contributed by atoms with Crippen LogP contribution in [-0.4, -0.2) is 23.9 Å². The smallest absolute Gasteiger partial charge is 0.283 e. The van der Waals surface area contributed by atoms with Crippen molar-refractivity contribution in [1.29, 1.82) is 0 Å². The number of amides is 2. The Morgan fingerprint density at radius 2 is 1.70 bits per heavy atom. The molecule has 1 aliphatic heterocycles. The van der Waals surface area contributed by atoms with Crippen molar-refractivity contribution in [3.63, 3.8) is 0 Å². The van der Waals surface area contributed by atoms with E-state index in [0.29, 0.717) is 11.6 Å². The number of hydrogen-bond acceptors (Lipinski definition) is 2. The van der Waals surface area contributed by atoms with Crippen molar-refractivity contribution in [2.24, 2.45) is 5.92 Å². The number of anilines is 2. The van der Waals surface area contributed by atoms with E-state index in [4.69, 9.17) is 0 Å². The van der Waals surface area contributed by atoms with Crippen molar-refractivity contribution in [3.8, 4) is 0 Å². The molecule has 5 nitrogen and oxygen atoms in total. The van der Waals surface area contributed by atoms with Gasteiger partial charge >= 0.3 is 0 Å². The Morgan fingerprint density at radius 3 is 2.37 bits per heavy atom. The number of nitrogens with two attached hydrogens (primary N) is 1. The topological polar surface area (TPSA) is 66.0 Å². The van der Waals surface area contributed by atoms with E-state index in [2.05, 4.69) is 36.6 Å². The Kier molecular flexibility index (Phi) is 5.33. The number of rotatable bonds is 5. The summed E-state index contributed by atoms with van der Waals surface area (Å²) in [6, 6.07) is 17.9. The monoisotopic (exact) mass is 366 g/mol. The van der Waals surface area contributed by atoms with Crippen molar-refractivity contribution < 1.29 is 14.9 Å². The van der Waals surface area contributed by atoms with Crippen LogP contribution in [0.4, 0.5) is 11.4 Å². The average Bonchev–Trinajstić information content (AvgIpc) is 2.63. The minimum atomic E-state index is -0.931. The summed E-state index contributed by atoms with van der Waals surface area (Å²) in [5, 5.41) is 4.98. The van der Waals surface area contributed by atoms with E-state index in [9.17, 15) is 9.59 Å². The van der Waals surface area contributed by atoms with E-state index in [1.54, 1.807) is 18.7 Å². The van der Waals surface area contributed by atoms with Gasteiger partial charge in [0.2, 0.25) is 5.91 Å². The van der Waals surface area contributed by atoms with Gasteiger partial charge in [0.15, 0.2) is 6.54 Å². The van der Waals surface area contributed by atoms with Crippen molar-refractivity contribution in [2.75, 3.05) is 16.8 Å². The van der Waals surface area contributed by atoms with Gasteiger partial charge in [-0.15, -0.1) is 0 Å². The number of nitrogens with one attached hydrogen (secondary N) is 1. The molecule has 2 aromatic carbocycles. The number of benzene rings is 2. The average molecular weight is 366 g/mol. The van der Waals surface area contributed by atoms with Gasteiger partial charge in [-0.3, -0.25) is 14.5 Å². The zero-order valence-corrected chi connectivity index (χ0v) is 16.4. The molecule has 0 unspecified atom stereocenters. The van der Waals surface area contributed by atoms with Gasteiger partial charge in [-0.25, -0.2) is 0 Å². The molecular formula is C22H28N3O2+. The van der Waals surface area contributed by atoms with E-state index in [-0.39, 0.29) is 24.4 Å². The lowest BCUT2D eigenvalue weighted by Crippen LogP contribution is -2.89. The fourth-order valence-corrected chi connectivity index (χ4v) is 3.69. The Bertz CT molecular complexity index is 830. The summed E-state index contributed by atoms with van der Waals surface area (Å²) >= 11 is 0. The molecule has 142 valence electrons. The first kappa shape index (κ1) is 19.1. The highest BCUT2D eigenvalue weighted by atomic mass is 16.2. The summed E-state index contributed by atoms with van der Waals surface area (Å²) in [5.74, 6) is 0.145. The van der Waals surface area contributed by atoms with E-state index >= 15 is 0 Å². The third kappa shape index (κ3) is 3.74. The summed E-state index contributed by atoms with van der Waals surface area (Å²) in [6.45, 7) is 8.17. The van der Waals surface area contributed by atoms with Crippen molar-refractivity contribution in [2.45, 2.75) is 39.3 Å². The molecule has 27 heavy (non-hydrogen) atoms. The van der Waals surface area contributed by atoms with Crippen LogP contribution < -0.4 is 15.5 Å². The predicted molar refractivity (Wildman–Crippen MR) is 107 cm³/mol. The zero-order chi connectivity index (χ0) is 19.6. The molecule has 1 heterocycles. The lowest BCUT2D eigenvalue weighted by Gasteiger charge is -2.41. The predicted octanol–water partition coefficient (Wildman–Crippen LogP) is 2.71. The maximum Gasteiger partial charge on any atom is 0.283 e. The number of fused-ring (bicyclic) bond motifs is 1. The molecule has 5 heteroatoms. The normalized spacial score (nSPS) is 16.6. The Hall–Kier alpha value is -2.66. The van der Waals surface area contributed by atoms with Crippen LogP contribution >= 0.6 is 0 Å². The van der Waals surface area contributed by atoms with Gasteiger partial charge in [0, 0.05) is 11.5 Å². The van der Waals surface area contributed by atoms with Gasteiger partial charge in [0.25, 0.3) is 5.91 Å². The highest BCUT2D eigenvalue weighted by Gasteiger charge is 2.44. The van der Waals surface area contributed by atoms with Crippen LogP contribution in [0.3, 0.4) is 0 Å². The molecule has 1 atom stereocenters. The number of carbonyl (C=O) groups excluding carboxylic acids is 2. The van der Waals surface area contributed by atoms with Crippen molar-refractivity contribution >= 4 is 23.2 Å². The first-order valence-corrected chi connectivity index (χ1v) is 9.44. The quantitative estimate of drug-likeness (QED) is 0.854. The van der Waals surface area contributed by atoms with Crippen LogP contribution in [0.25, 0.3) is 0 Å². The maximum absolute atomic E-state index is 13.2. The molecule has 0 aromatic heterocycles. The Balaban J connectivity index is 1.83. The molecule has 2 aromatic rings. The van der Waals surface area contributed by atoms with E-state index in [1.807, 2.05) is 42.5 Å². The molecule has 0 fully saturated rings. The van der Waals surface area contributed by atoms with Crippen LogP contribution in [0.2, 0.25) is 0 Å². The number of para-hydroxylation sites is 2. The van der Waals surface area contributed by atoms with Gasteiger partial charge in [-0.1, -0.05) is 56.3 Å². The summed E-state index contributed by atoms with van der Waals surface area (Å²) in [5.41, 5.74) is 1.70. The molecule has 0 radical (unpaired) electrons. The molecule has 0 saturated heterocycles. The van der Waals surface area contributed by atoms with Gasteiger partial charge in [-0.05, 0) is 26.0 Å². The highest BCUT2D eigenvalue weighted by molar-refractivity contribution is 6.14. The highest BCUT2D eigenvalue weighted by Crippen LogP contribution is 2.36. The van der Waals surface area contributed by atoms with Crippen LogP contribution in [0.1, 0.15) is 39.3 Å². The lowest BCUT2D eigenvalue weighted by molar-refractivity contribution is -0.692. The summed E-state index contributed by atoms with van der Waals surface area (Å²) in [7, 11) is 0. The van der Waals surface area contributed by atoms with Crippen molar-refractivity contribution in [1.82, 2.24) is 0 Å². The standard InChI is InChI=1S/C22H27N3O2/c1-15(2)20(16-10-6-5-7-11-16)23-14-19(26)25-18-13-9-8-12-17(18)24-21(27)22(25,3)4/h5-13,15,20,23H,14H2,1-4H3,(H,24,27)/p+1/t20-/m1/s1. The largest absolute Gasteiger partial charge is 0.332 e. The van der Waals surface area contributed by atoms with Crippen LogP contribution in [-0.2, 0) is 9.59 Å². The minimum absolute atomic E-state index is 0.0659. The first-order valence-electron chi connectivity index (χ1n) is 9.44. The van der Waals surface area contributed by atoms with Crippen LogP contribution in [0.15, 0.2) is 54.6 Å². The third-order valence-electron chi connectivity index (χ3n) is 5.21. The number of nitrogens with zero attached hydrogens (tertiary/aromatic N) is 1. The van der Waals surface area contributed by atoms with Gasteiger partial charge in [-0.2, -0.15) is 0 Å². The fraction of sp³-hybridized carbons (Fsp3) is 0.364. The molecule has 0 aliphatic carbocycles. The van der Waals surface area contributed by atoms with Gasteiger partial charge in [0.05, 0.1) is 11.4 Å². The zero-order valence-electron chi connectivity index (χ0n) is 16.4. The molecule has 0 spiro atoms. The van der Waals surface area contributed by atoms with Crippen molar-refractivity contribution in [3.05, 3.63) is 60.2 Å².